The Bertz CT molecular complexity index is 874. The molecule has 0 unspecified atom stereocenters. The number of ether oxygens (including phenoxy) is 2. The molecule has 126 valence electrons. The lowest BCUT2D eigenvalue weighted by molar-refractivity contribution is -0.137. The highest BCUT2D eigenvalue weighted by Gasteiger charge is 2.45. The first-order valence-electron chi connectivity index (χ1n) is 6.88. The van der Waals surface area contributed by atoms with Crippen LogP contribution in [0, 0.1) is 0 Å². The van der Waals surface area contributed by atoms with Crippen LogP contribution < -0.4 is 4.74 Å². The van der Waals surface area contributed by atoms with Crippen LogP contribution in [0.2, 0.25) is 0 Å². The van der Waals surface area contributed by atoms with E-state index in [-0.39, 0.29) is 29.1 Å². The molecule has 1 aromatic heterocycles. The monoisotopic (exact) mass is 342 g/mol. The predicted molar refractivity (Wildman–Crippen MR) is 75.6 cm³/mol. The number of allylic oxidation sites excluding steroid dienone is 3. The number of alkyl halides is 3. The molecule has 1 aliphatic rings. The first-order chi connectivity index (χ1) is 11.3. The highest BCUT2D eigenvalue weighted by Crippen LogP contribution is 2.48. The van der Waals surface area contributed by atoms with Gasteiger partial charge in [0.25, 0.3) is 0 Å². The van der Waals surface area contributed by atoms with Crippen molar-refractivity contribution in [2.75, 3.05) is 6.61 Å². The summed E-state index contributed by atoms with van der Waals surface area (Å²) in [5, 5.41) is 0.233. The highest BCUT2D eigenvalue weighted by molar-refractivity contribution is 6.00. The number of halogens is 4. The normalized spacial score (nSPS) is 16.3. The molecule has 0 fully saturated rings. The molecule has 0 saturated carbocycles. The molecule has 1 aliphatic heterocycles. The minimum atomic E-state index is -5.08. The molecule has 0 atom stereocenters. The van der Waals surface area contributed by atoms with E-state index in [1.54, 1.807) is 12.1 Å². The van der Waals surface area contributed by atoms with Gasteiger partial charge in [-0.15, -0.1) is 0 Å². The van der Waals surface area contributed by atoms with Crippen molar-refractivity contribution in [2.45, 2.75) is 13.1 Å². The van der Waals surface area contributed by atoms with E-state index in [9.17, 15) is 22.4 Å². The van der Waals surface area contributed by atoms with Crippen molar-refractivity contribution in [3.05, 3.63) is 47.7 Å². The third kappa shape index (κ3) is 2.64. The van der Waals surface area contributed by atoms with E-state index >= 15 is 0 Å². The van der Waals surface area contributed by atoms with Gasteiger partial charge in [0.2, 0.25) is 5.76 Å². The maximum absolute atomic E-state index is 14.3. The molecule has 0 N–H and O–H groups in total. The maximum atomic E-state index is 14.3. The van der Waals surface area contributed by atoms with Gasteiger partial charge in [0.05, 0.1) is 17.6 Å². The van der Waals surface area contributed by atoms with Gasteiger partial charge in [0.15, 0.2) is 17.3 Å². The Kier molecular flexibility index (Phi) is 3.82. The minimum Gasteiger partial charge on any atom is -0.463 e. The van der Waals surface area contributed by atoms with Gasteiger partial charge in [-0.3, -0.25) is 0 Å². The van der Waals surface area contributed by atoms with Gasteiger partial charge in [-0.05, 0) is 19.1 Å². The average molecular weight is 342 g/mol. The molecule has 0 amide bonds. The Morgan fingerprint density at radius 2 is 2.00 bits per heavy atom. The van der Waals surface area contributed by atoms with Gasteiger partial charge in [0, 0.05) is 6.08 Å². The van der Waals surface area contributed by atoms with Crippen LogP contribution >= 0.6 is 0 Å². The van der Waals surface area contributed by atoms with Crippen molar-refractivity contribution < 1.29 is 36.2 Å². The summed E-state index contributed by atoms with van der Waals surface area (Å²) in [4.78, 5) is 11.6. The number of para-hydroxylation sites is 1. The Hall–Kier alpha value is -2.77. The lowest BCUT2D eigenvalue weighted by Crippen LogP contribution is -2.22. The van der Waals surface area contributed by atoms with E-state index in [2.05, 4.69) is 4.74 Å². The molecule has 2 aromatic rings. The molecule has 3 rings (SSSR count). The second kappa shape index (κ2) is 5.70. The second-order valence-corrected chi connectivity index (χ2v) is 4.81. The van der Waals surface area contributed by atoms with Crippen molar-refractivity contribution in [2.24, 2.45) is 0 Å². The maximum Gasteiger partial charge on any atom is 0.452 e. The second-order valence-electron chi connectivity index (χ2n) is 4.81. The topological polar surface area (TPSA) is 48.7 Å². The predicted octanol–water partition coefficient (Wildman–Crippen LogP) is 4.52. The quantitative estimate of drug-likeness (QED) is 0.458. The van der Waals surface area contributed by atoms with Crippen molar-refractivity contribution in [3.8, 4) is 5.75 Å². The summed E-state index contributed by atoms with van der Waals surface area (Å²) in [6, 6.07) is 6.12. The van der Waals surface area contributed by atoms with Gasteiger partial charge < -0.3 is 13.9 Å². The standard InChI is InChI=1S/C16H10F4O4/c1-2-22-11(21)7-9-12(17)15(16(18,19)20)24-13-8-5-3-4-6-10(8)23-14(9)13/h3-7H,2H2,1H3/b9-7+. The molecule has 0 saturated heterocycles. The Balaban J connectivity index is 2.25. The lowest BCUT2D eigenvalue weighted by Gasteiger charge is -2.19. The van der Waals surface area contributed by atoms with Gasteiger partial charge in [-0.1, -0.05) is 12.1 Å². The van der Waals surface area contributed by atoms with Crippen LogP contribution in [0.1, 0.15) is 12.7 Å². The molecule has 24 heavy (non-hydrogen) atoms. The zero-order valence-electron chi connectivity index (χ0n) is 12.2. The van der Waals surface area contributed by atoms with Crippen LogP contribution in [0.15, 0.2) is 46.3 Å². The fraction of sp³-hybridized carbons (Fsp3) is 0.188. The summed E-state index contributed by atoms with van der Waals surface area (Å²) in [5.74, 6) is -5.15. The van der Waals surface area contributed by atoms with Crippen molar-refractivity contribution in [1.29, 1.82) is 0 Å². The molecular weight excluding hydrogens is 332 g/mol. The molecule has 0 bridgehead atoms. The zero-order valence-corrected chi connectivity index (χ0v) is 12.2. The van der Waals surface area contributed by atoms with Gasteiger partial charge >= 0.3 is 12.1 Å². The molecule has 2 heterocycles. The van der Waals surface area contributed by atoms with Crippen LogP contribution in [0.25, 0.3) is 16.5 Å². The summed E-state index contributed by atoms with van der Waals surface area (Å²) in [6.07, 6.45) is -4.46. The summed E-state index contributed by atoms with van der Waals surface area (Å²) >= 11 is 0. The SMILES string of the molecule is CCOC(=O)/C=C1\C(F)=C(C(F)(F)F)Oc2c1oc1ccccc21. The highest BCUT2D eigenvalue weighted by atomic mass is 19.4. The molecule has 0 radical (unpaired) electrons. The van der Waals surface area contributed by atoms with Crippen molar-refractivity contribution >= 4 is 22.5 Å². The molecule has 8 heteroatoms. The van der Waals surface area contributed by atoms with Crippen LogP contribution in [0.4, 0.5) is 17.6 Å². The summed E-state index contributed by atoms with van der Waals surface area (Å²) in [6.45, 7) is 1.50. The van der Waals surface area contributed by atoms with E-state index in [1.807, 2.05) is 0 Å². The molecule has 4 nitrogen and oxygen atoms in total. The Morgan fingerprint density at radius 1 is 1.29 bits per heavy atom. The summed E-state index contributed by atoms with van der Waals surface area (Å²) in [5.41, 5.74) is -0.466. The molecule has 1 aromatic carbocycles. The van der Waals surface area contributed by atoms with E-state index < -0.39 is 29.3 Å². The third-order valence-corrected chi connectivity index (χ3v) is 3.24. The number of carbonyl (C=O) groups is 1. The number of benzene rings is 1. The number of carbonyl (C=O) groups excluding carboxylic acids is 1. The van der Waals surface area contributed by atoms with Crippen LogP contribution in [0.3, 0.4) is 0 Å². The number of furan rings is 1. The Labute approximate surface area is 132 Å². The number of rotatable bonds is 2. The average Bonchev–Trinajstić information content (AvgIpc) is 2.87. The van der Waals surface area contributed by atoms with Gasteiger partial charge in [0.1, 0.15) is 5.58 Å². The van der Waals surface area contributed by atoms with Gasteiger partial charge in [-0.25, -0.2) is 9.18 Å². The first kappa shape index (κ1) is 16.1. The number of hydrogen-bond donors (Lipinski definition) is 0. The molecular formula is C16H10F4O4. The Morgan fingerprint density at radius 3 is 2.67 bits per heavy atom. The number of fused-ring (bicyclic) bond motifs is 3. The van der Waals surface area contributed by atoms with E-state index in [0.29, 0.717) is 6.08 Å². The summed E-state index contributed by atoms with van der Waals surface area (Å²) in [7, 11) is 0. The lowest BCUT2D eigenvalue weighted by atomic mass is 10.1. The third-order valence-electron chi connectivity index (χ3n) is 3.24. The number of esters is 1. The van der Waals surface area contributed by atoms with E-state index in [1.165, 1.54) is 19.1 Å². The van der Waals surface area contributed by atoms with Crippen LogP contribution in [0.5, 0.6) is 5.75 Å². The smallest absolute Gasteiger partial charge is 0.452 e. The number of hydrogen-bond acceptors (Lipinski definition) is 4. The first-order valence-corrected chi connectivity index (χ1v) is 6.88. The van der Waals surface area contributed by atoms with E-state index in [4.69, 9.17) is 9.15 Å². The fourth-order valence-electron chi connectivity index (χ4n) is 2.28. The zero-order chi connectivity index (χ0) is 17.5. The van der Waals surface area contributed by atoms with Crippen molar-refractivity contribution in [3.63, 3.8) is 0 Å². The van der Waals surface area contributed by atoms with Crippen molar-refractivity contribution in [1.82, 2.24) is 0 Å². The van der Waals surface area contributed by atoms with E-state index in [0.717, 1.165) is 0 Å². The molecule has 0 aliphatic carbocycles. The largest absolute Gasteiger partial charge is 0.463 e. The molecule has 0 spiro atoms. The van der Waals surface area contributed by atoms with Gasteiger partial charge in [-0.2, -0.15) is 13.2 Å². The summed E-state index contributed by atoms with van der Waals surface area (Å²) < 4.78 is 68.2. The minimum absolute atomic E-state index is 0.0104. The van der Waals surface area contributed by atoms with Crippen LogP contribution in [-0.2, 0) is 9.53 Å². The fourth-order valence-corrected chi connectivity index (χ4v) is 2.28. The van der Waals surface area contributed by atoms with Crippen LogP contribution in [-0.4, -0.2) is 18.8 Å².